The number of nitrogens with zero attached hydrogens (tertiary/aromatic N) is 2. The number of hydrogen-bond acceptors (Lipinski definition) is 2. The van der Waals surface area contributed by atoms with Crippen LogP contribution in [0, 0.1) is 0 Å². The summed E-state index contributed by atoms with van der Waals surface area (Å²) in [5, 5.41) is 5.12. The molecule has 0 saturated heterocycles. The number of aromatic nitrogens is 1. The van der Waals surface area contributed by atoms with Crippen LogP contribution in [0.5, 0.6) is 0 Å². The molecule has 0 fully saturated rings. The number of hydrogen-bond donors (Lipinski definition) is 0. The zero-order valence-corrected chi connectivity index (χ0v) is 50.0. The molecule has 0 bridgehead atoms. The fourth-order valence-electron chi connectivity index (χ4n) is 7.40. The Morgan fingerprint density at radius 3 is 1.24 bits per heavy atom. The highest BCUT2D eigenvalue weighted by Crippen LogP contribution is 2.33. The Hall–Kier alpha value is -6.23. The molecular formula is C67H50Br6N2. The van der Waals surface area contributed by atoms with E-state index in [0.29, 0.717) is 0 Å². The third-order valence-electron chi connectivity index (χ3n) is 11.0. The molecule has 0 aliphatic carbocycles. The predicted octanol–water partition coefficient (Wildman–Crippen LogP) is 23.2. The first-order valence-electron chi connectivity index (χ1n) is 23.8. The van der Waals surface area contributed by atoms with Crippen LogP contribution < -0.4 is 4.90 Å². The van der Waals surface area contributed by atoms with Gasteiger partial charge >= 0.3 is 0 Å². The average molecular weight is 1360 g/mol. The van der Waals surface area contributed by atoms with Crippen molar-refractivity contribution in [1.82, 2.24) is 4.98 Å². The molecule has 0 atom stereocenters. The third-order valence-corrected chi connectivity index (χ3v) is 14.3. The molecule has 75 heavy (non-hydrogen) atoms. The minimum atomic E-state index is 0.904. The maximum Gasteiger partial charge on any atom is 0.137 e. The lowest BCUT2D eigenvalue weighted by Crippen LogP contribution is -2.10. The van der Waals surface area contributed by atoms with Crippen LogP contribution in [-0.4, -0.2) is 4.98 Å². The van der Waals surface area contributed by atoms with Crippen LogP contribution in [0.15, 0.2) is 330 Å². The zero-order chi connectivity index (χ0) is 52.5. The van der Waals surface area contributed by atoms with E-state index in [1.165, 1.54) is 43.8 Å². The largest absolute Gasteiger partial charge is 0.295 e. The Morgan fingerprint density at radius 2 is 0.667 bits per heavy atom. The van der Waals surface area contributed by atoms with Gasteiger partial charge in [-0.3, -0.25) is 4.90 Å². The molecule has 0 radical (unpaired) electrons. The fourth-order valence-corrected chi connectivity index (χ4v) is 9.52. The smallest absolute Gasteiger partial charge is 0.137 e. The van der Waals surface area contributed by atoms with Crippen molar-refractivity contribution < 1.29 is 0 Å². The first kappa shape index (κ1) is 56.5. The van der Waals surface area contributed by atoms with E-state index in [1.807, 2.05) is 121 Å². The van der Waals surface area contributed by atoms with Crippen LogP contribution in [-0.2, 0) is 0 Å². The lowest BCUT2D eigenvalue weighted by atomic mass is 10.1. The summed E-state index contributed by atoms with van der Waals surface area (Å²) in [6, 6.07) is 101. The summed E-state index contributed by atoms with van der Waals surface area (Å²) in [6.45, 7) is 0. The summed E-state index contributed by atoms with van der Waals surface area (Å²) < 4.78 is 6.73. The number of fused-ring (bicyclic) bond motifs is 2. The van der Waals surface area contributed by atoms with Crippen LogP contribution >= 0.6 is 95.6 Å². The van der Waals surface area contributed by atoms with Gasteiger partial charge < -0.3 is 0 Å². The first-order valence-corrected chi connectivity index (χ1v) is 28.6. The summed E-state index contributed by atoms with van der Waals surface area (Å²) >= 11 is 20.6. The summed E-state index contributed by atoms with van der Waals surface area (Å²) in [7, 11) is 0. The van der Waals surface area contributed by atoms with Gasteiger partial charge in [-0.15, -0.1) is 0 Å². The second kappa shape index (κ2) is 31.0. The molecule has 12 aromatic rings. The molecule has 0 saturated carbocycles. The third kappa shape index (κ3) is 18.8. The molecule has 1 heterocycles. The van der Waals surface area contributed by atoms with Crippen molar-refractivity contribution in [2.75, 3.05) is 4.90 Å². The summed E-state index contributed by atoms with van der Waals surface area (Å²) in [6.07, 6.45) is 1.81. The number of pyridine rings is 1. The van der Waals surface area contributed by atoms with Gasteiger partial charge in [0.25, 0.3) is 0 Å². The van der Waals surface area contributed by atoms with Gasteiger partial charge in [0.15, 0.2) is 0 Å². The lowest BCUT2D eigenvalue weighted by Gasteiger charge is -2.24. The monoisotopic (exact) mass is 1360 g/mol. The Labute approximate surface area is 492 Å². The van der Waals surface area contributed by atoms with Crippen molar-refractivity contribution in [2.24, 2.45) is 0 Å². The quantitative estimate of drug-likeness (QED) is 0.171. The van der Waals surface area contributed by atoms with E-state index in [-0.39, 0.29) is 0 Å². The standard InChI is InChI=1S/C17H13BrN2.2C12H9Br.2C10H7Br.C6H5Br/c18-14-9-11-16(12-10-14)20(15-6-2-1-3-7-15)17-8-4-5-13-19-17;13-12-8-4-7-11(9-12)10-5-2-1-3-6-10;13-12-8-6-11(7-9-12)10-4-2-1-3-5-10;11-10-7-3-5-8-4-1-2-6-9(8)10;11-10-6-5-8-3-1-2-4-9(8)7-10;7-6-4-2-1-3-5-6/h1-13H;2*1-9H;2*1-7H;1-5H. The Kier molecular flexibility index (Phi) is 23.3. The molecule has 0 amide bonds. The van der Waals surface area contributed by atoms with Crippen molar-refractivity contribution >= 4 is 134 Å². The van der Waals surface area contributed by atoms with E-state index >= 15 is 0 Å². The molecule has 2 nitrogen and oxygen atoms in total. The molecule has 0 aliphatic rings. The SMILES string of the molecule is Brc1ccc(-c2ccccc2)cc1.Brc1ccc(N(c2ccccc2)c2ccccn2)cc1.Brc1ccc2ccccc2c1.Brc1cccc(-c2ccccc2)c1.Brc1cccc2ccccc12.Brc1ccccc1. The van der Waals surface area contributed by atoms with Gasteiger partial charge in [0.2, 0.25) is 0 Å². The van der Waals surface area contributed by atoms with E-state index in [0.717, 1.165) is 44.0 Å². The molecule has 1 aromatic heterocycles. The maximum absolute atomic E-state index is 4.47. The van der Waals surface area contributed by atoms with Crippen molar-refractivity contribution in [3.8, 4) is 22.3 Å². The van der Waals surface area contributed by atoms with E-state index in [2.05, 4.69) is 287 Å². The maximum atomic E-state index is 4.47. The molecule has 0 unspecified atom stereocenters. The van der Waals surface area contributed by atoms with Crippen LogP contribution in [0.2, 0.25) is 0 Å². The van der Waals surface area contributed by atoms with Gasteiger partial charge in [0.05, 0.1) is 0 Å². The molecule has 8 heteroatoms. The van der Waals surface area contributed by atoms with Crippen molar-refractivity contribution in [3.63, 3.8) is 0 Å². The number of halogens is 6. The van der Waals surface area contributed by atoms with E-state index in [4.69, 9.17) is 0 Å². The zero-order valence-electron chi connectivity index (χ0n) is 40.5. The molecular weight excluding hydrogens is 1310 g/mol. The molecule has 0 N–H and O–H groups in total. The van der Waals surface area contributed by atoms with Crippen LogP contribution in [0.4, 0.5) is 17.2 Å². The first-order chi connectivity index (χ1) is 36.7. The summed E-state index contributed by atoms with van der Waals surface area (Å²) in [5.74, 6) is 0.904. The van der Waals surface area contributed by atoms with Crippen LogP contribution in [0.25, 0.3) is 43.8 Å². The van der Waals surface area contributed by atoms with Gasteiger partial charge in [0, 0.05) is 44.4 Å². The minimum Gasteiger partial charge on any atom is -0.295 e. The molecule has 0 spiro atoms. The highest BCUT2D eigenvalue weighted by molar-refractivity contribution is 9.11. The van der Waals surface area contributed by atoms with E-state index < -0.39 is 0 Å². The Morgan fingerprint density at radius 1 is 0.253 bits per heavy atom. The summed E-state index contributed by atoms with van der Waals surface area (Å²) in [4.78, 5) is 6.60. The lowest BCUT2D eigenvalue weighted by molar-refractivity contribution is 1.18. The normalized spacial score (nSPS) is 10.0. The fraction of sp³-hybridized carbons (Fsp3) is 0. The van der Waals surface area contributed by atoms with Gasteiger partial charge in [-0.25, -0.2) is 4.98 Å². The number of benzene rings is 11. The molecule has 12 rings (SSSR count). The van der Waals surface area contributed by atoms with E-state index in [1.54, 1.807) is 0 Å². The van der Waals surface area contributed by atoms with Gasteiger partial charge in [0.1, 0.15) is 5.82 Å². The summed E-state index contributed by atoms with van der Waals surface area (Å²) in [5.41, 5.74) is 7.18. The molecule has 11 aromatic carbocycles. The Bertz CT molecular complexity index is 3480. The van der Waals surface area contributed by atoms with Crippen molar-refractivity contribution in [1.29, 1.82) is 0 Å². The highest BCUT2D eigenvalue weighted by Gasteiger charge is 2.12. The van der Waals surface area contributed by atoms with Gasteiger partial charge in [-0.2, -0.15) is 0 Å². The van der Waals surface area contributed by atoms with Gasteiger partial charge in [-0.05, 0) is 147 Å². The molecule has 370 valence electrons. The minimum absolute atomic E-state index is 0.904. The average Bonchev–Trinajstić information content (AvgIpc) is 3.46. The van der Waals surface area contributed by atoms with Crippen molar-refractivity contribution in [2.45, 2.75) is 0 Å². The number of anilines is 3. The topological polar surface area (TPSA) is 16.1 Å². The Balaban J connectivity index is 0.000000135. The number of para-hydroxylation sites is 1. The van der Waals surface area contributed by atoms with Gasteiger partial charge in [-0.1, -0.05) is 290 Å². The second-order valence-electron chi connectivity index (χ2n) is 16.3. The molecule has 0 aliphatic heterocycles. The highest BCUT2D eigenvalue weighted by atomic mass is 79.9. The van der Waals surface area contributed by atoms with E-state index in [9.17, 15) is 0 Å². The van der Waals surface area contributed by atoms with Crippen molar-refractivity contribution in [3.05, 3.63) is 330 Å². The second-order valence-corrected chi connectivity index (χ2v) is 21.8. The van der Waals surface area contributed by atoms with Crippen LogP contribution in [0.3, 0.4) is 0 Å². The van der Waals surface area contributed by atoms with Crippen LogP contribution in [0.1, 0.15) is 0 Å². The predicted molar refractivity (Wildman–Crippen MR) is 343 cm³/mol. The number of rotatable bonds is 5.